The predicted molar refractivity (Wildman–Crippen MR) is 137 cm³/mol. The molecule has 2 fully saturated rings. The molecule has 13 heteroatoms. The van der Waals surface area contributed by atoms with Crippen molar-refractivity contribution in [1.82, 2.24) is 30.5 Å². The van der Waals surface area contributed by atoms with E-state index >= 15 is 0 Å². The van der Waals surface area contributed by atoms with Gasteiger partial charge in [-0.2, -0.15) is 15.1 Å². The fourth-order valence-corrected chi connectivity index (χ4v) is 5.19. The number of nitrogens with zero attached hydrogens (tertiary/aromatic N) is 5. The smallest absolute Gasteiger partial charge is 0.319 e. The molecule has 3 aromatic rings. The molecule has 0 unspecified atom stereocenters. The van der Waals surface area contributed by atoms with Gasteiger partial charge in [0, 0.05) is 61.8 Å². The fraction of sp³-hybridized carbons (Fsp3) is 0.542. The van der Waals surface area contributed by atoms with Crippen molar-refractivity contribution < 1.29 is 22.7 Å². The highest BCUT2D eigenvalue weighted by Crippen LogP contribution is 2.32. The Balaban J connectivity index is 1.30. The normalized spacial score (nSPS) is 18.8. The van der Waals surface area contributed by atoms with Gasteiger partial charge in [-0.1, -0.05) is 0 Å². The van der Waals surface area contributed by atoms with Crippen LogP contribution in [-0.4, -0.2) is 90.4 Å². The van der Waals surface area contributed by atoms with Gasteiger partial charge < -0.3 is 19.7 Å². The van der Waals surface area contributed by atoms with Crippen LogP contribution < -0.4 is 15.0 Å². The molecule has 0 radical (unpaired) electrons. The zero-order chi connectivity index (χ0) is 25.8. The second-order valence-electron chi connectivity index (χ2n) is 9.50. The molecular formula is C24H31N7O5S. The van der Waals surface area contributed by atoms with Crippen LogP contribution in [0, 0.1) is 0 Å². The first-order valence-corrected chi connectivity index (χ1v) is 14.5. The van der Waals surface area contributed by atoms with Crippen LogP contribution in [0.15, 0.2) is 24.4 Å². The summed E-state index contributed by atoms with van der Waals surface area (Å²) >= 11 is 0. The number of aromatic amines is 1. The van der Waals surface area contributed by atoms with Gasteiger partial charge in [-0.25, -0.2) is 13.4 Å². The molecule has 0 spiro atoms. The van der Waals surface area contributed by atoms with Crippen molar-refractivity contribution in [2.24, 2.45) is 0 Å². The van der Waals surface area contributed by atoms with Crippen molar-refractivity contribution in [1.29, 1.82) is 0 Å². The molecule has 198 valence electrons. The first-order chi connectivity index (χ1) is 17.9. The van der Waals surface area contributed by atoms with Crippen molar-refractivity contribution in [3.05, 3.63) is 35.8 Å². The highest BCUT2D eigenvalue weighted by atomic mass is 32.2. The van der Waals surface area contributed by atoms with Crippen LogP contribution in [-0.2, 0) is 14.6 Å². The summed E-state index contributed by atoms with van der Waals surface area (Å²) in [6.45, 7) is 2.47. The lowest BCUT2D eigenvalue weighted by molar-refractivity contribution is 0.0644. The number of pyridine rings is 1. The maximum atomic E-state index is 12.8. The molecule has 2 saturated heterocycles. The van der Waals surface area contributed by atoms with Crippen LogP contribution in [0.5, 0.6) is 6.01 Å². The zero-order valence-electron chi connectivity index (χ0n) is 20.7. The average molecular weight is 530 g/mol. The number of carbonyl (C=O) groups is 1. The highest BCUT2D eigenvalue weighted by molar-refractivity contribution is 7.90. The molecule has 5 rings (SSSR count). The molecule has 1 atom stereocenters. The molecule has 37 heavy (non-hydrogen) atoms. The van der Waals surface area contributed by atoms with E-state index in [0.717, 1.165) is 61.8 Å². The van der Waals surface area contributed by atoms with Gasteiger partial charge in [0.05, 0.1) is 11.9 Å². The molecule has 1 amide bonds. The Morgan fingerprint density at radius 2 is 2.11 bits per heavy atom. The van der Waals surface area contributed by atoms with Crippen molar-refractivity contribution in [3.63, 3.8) is 0 Å². The topological polar surface area (TPSA) is 152 Å². The van der Waals surface area contributed by atoms with Crippen LogP contribution >= 0.6 is 0 Å². The zero-order valence-corrected chi connectivity index (χ0v) is 21.5. The van der Waals surface area contributed by atoms with Gasteiger partial charge in [-0.3, -0.25) is 9.89 Å². The van der Waals surface area contributed by atoms with E-state index in [-0.39, 0.29) is 30.1 Å². The number of hydrogen-bond acceptors (Lipinski definition) is 10. The third-order valence-corrected chi connectivity index (χ3v) is 7.64. The molecule has 2 aliphatic heterocycles. The minimum absolute atomic E-state index is 0.00149. The van der Waals surface area contributed by atoms with Gasteiger partial charge in [-0.15, -0.1) is 0 Å². The van der Waals surface area contributed by atoms with E-state index in [2.05, 4.69) is 35.4 Å². The lowest BCUT2D eigenvalue weighted by atomic mass is 9.92. The van der Waals surface area contributed by atoms with E-state index < -0.39 is 15.7 Å². The molecule has 0 saturated carbocycles. The predicted octanol–water partition coefficient (Wildman–Crippen LogP) is 1.46. The van der Waals surface area contributed by atoms with Crippen LogP contribution in [0.2, 0.25) is 0 Å². The van der Waals surface area contributed by atoms with Crippen LogP contribution in [0.1, 0.15) is 47.8 Å². The number of H-pyrrole nitrogens is 1. The number of amides is 1. The van der Waals surface area contributed by atoms with Gasteiger partial charge in [0.1, 0.15) is 28.0 Å². The van der Waals surface area contributed by atoms with E-state index in [1.54, 1.807) is 12.3 Å². The second kappa shape index (κ2) is 11.0. The summed E-state index contributed by atoms with van der Waals surface area (Å²) in [5.74, 6) is 0.284. The Morgan fingerprint density at radius 3 is 2.86 bits per heavy atom. The van der Waals surface area contributed by atoms with Crippen molar-refractivity contribution in [3.8, 4) is 6.01 Å². The summed E-state index contributed by atoms with van der Waals surface area (Å²) in [5, 5.41) is 11.2. The lowest BCUT2D eigenvalue weighted by Crippen LogP contribution is -2.35. The number of sulfone groups is 1. The molecule has 5 heterocycles. The number of rotatable bonds is 9. The number of nitrogens with one attached hydrogen (secondary N) is 2. The van der Waals surface area contributed by atoms with E-state index in [1.807, 2.05) is 12.1 Å². The van der Waals surface area contributed by atoms with Crippen molar-refractivity contribution in [2.45, 2.75) is 37.7 Å². The molecule has 0 aromatic carbocycles. The summed E-state index contributed by atoms with van der Waals surface area (Å²) in [4.78, 5) is 28.1. The third kappa shape index (κ3) is 6.34. The van der Waals surface area contributed by atoms with E-state index in [4.69, 9.17) is 9.47 Å². The van der Waals surface area contributed by atoms with E-state index in [0.29, 0.717) is 24.9 Å². The molecule has 2 aliphatic rings. The molecule has 12 nitrogen and oxygen atoms in total. The highest BCUT2D eigenvalue weighted by Gasteiger charge is 2.26. The minimum atomic E-state index is -3.20. The fourth-order valence-electron chi connectivity index (χ4n) is 4.72. The van der Waals surface area contributed by atoms with Gasteiger partial charge in [0.25, 0.3) is 5.91 Å². The SMILES string of the molecule is CS(=O)(=O)CCNC(=O)c1cc(N2CCC(c3[nH]nc4ncccc34)CC2)nc(OC[C@H]2CCCO2)n1. The number of carbonyl (C=O) groups excluding carboxylic acids is 1. The molecule has 2 N–H and O–H groups in total. The Labute approximate surface area is 215 Å². The Hall–Kier alpha value is -3.32. The molecular weight excluding hydrogens is 498 g/mol. The summed E-state index contributed by atoms with van der Waals surface area (Å²) in [6.07, 6.45) is 6.48. The van der Waals surface area contributed by atoms with Crippen LogP contribution in [0.4, 0.5) is 5.82 Å². The first-order valence-electron chi connectivity index (χ1n) is 12.5. The Morgan fingerprint density at radius 1 is 1.27 bits per heavy atom. The Bertz CT molecular complexity index is 1350. The van der Waals surface area contributed by atoms with Gasteiger partial charge in [0.15, 0.2) is 5.65 Å². The van der Waals surface area contributed by atoms with Crippen LogP contribution in [0.3, 0.4) is 0 Å². The lowest BCUT2D eigenvalue weighted by Gasteiger charge is -2.32. The maximum absolute atomic E-state index is 12.8. The minimum Gasteiger partial charge on any atom is -0.461 e. The molecule has 0 aliphatic carbocycles. The average Bonchev–Trinajstić information content (AvgIpc) is 3.57. The molecule has 3 aromatic heterocycles. The summed E-state index contributed by atoms with van der Waals surface area (Å²) in [7, 11) is -3.20. The van der Waals surface area contributed by atoms with Gasteiger partial charge in [0.2, 0.25) is 0 Å². The number of anilines is 1. The van der Waals surface area contributed by atoms with Crippen LogP contribution in [0.25, 0.3) is 11.0 Å². The quantitative estimate of drug-likeness (QED) is 0.417. The van der Waals surface area contributed by atoms with Gasteiger partial charge >= 0.3 is 6.01 Å². The third-order valence-electron chi connectivity index (χ3n) is 6.69. The number of aromatic nitrogens is 5. The van der Waals surface area contributed by atoms with E-state index in [9.17, 15) is 13.2 Å². The number of ether oxygens (including phenoxy) is 2. The summed E-state index contributed by atoms with van der Waals surface area (Å²) in [5.41, 5.74) is 1.95. The second-order valence-corrected chi connectivity index (χ2v) is 11.8. The Kier molecular flexibility index (Phi) is 7.51. The monoisotopic (exact) mass is 529 g/mol. The number of piperidine rings is 1. The molecule has 0 bridgehead atoms. The summed E-state index contributed by atoms with van der Waals surface area (Å²) in [6, 6.07) is 5.68. The summed E-state index contributed by atoms with van der Waals surface area (Å²) < 4.78 is 34.3. The maximum Gasteiger partial charge on any atom is 0.319 e. The van der Waals surface area contributed by atoms with Gasteiger partial charge in [-0.05, 0) is 37.8 Å². The number of fused-ring (bicyclic) bond motifs is 1. The van der Waals surface area contributed by atoms with Crippen molar-refractivity contribution in [2.75, 3.05) is 49.8 Å². The standard InChI is InChI=1S/C24H31N7O5S/c1-37(33,34)13-9-26-23(32)19-14-20(28-24(27-19)36-15-17-4-3-12-35-17)31-10-6-16(7-11-31)21-18-5-2-8-25-22(18)30-29-21/h2,5,8,14,16-17H,3-4,6-7,9-13,15H2,1H3,(H,26,32)(H,25,29,30)/t17-/m1/s1. The number of hydrogen-bond donors (Lipinski definition) is 2. The largest absolute Gasteiger partial charge is 0.461 e. The van der Waals surface area contributed by atoms with Crippen molar-refractivity contribution >= 4 is 32.6 Å². The van der Waals surface area contributed by atoms with E-state index in [1.165, 1.54) is 0 Å². The first kappa shape index (κ1) is 25.3.